The molecule has 2 aromatic heterocycles. The molecule has 0 saturated heterocycles. The Hall–Kier alpha value is -3.16. The summed E-state index contributed by atoms with van der Waals surface area (Å²) in [7, 11) is 1.85. The summed E-state index contributed by atoms with van der Waals surface area (Å²) in [6.07, 6.45) is 4.70. The zero-order valence-electron chi connectivity index (χ0n) is 18.4. The molecule has 1 atom stereocenters. The van der Waals surface area contributed by atoms with E-state index in [-0.39, 0.29) is 17.6 Å². The minimum absolute atomic E-state index is 0.00668. The highest BCUT2D eigenvalue weighted by atomic mass is 16.2. The highest BCUT2D eigenvalue weighted by Crippen LogP contribution is 2.19. The van der Waals surface area contributed by atoms with Crippen LogP contribution in [0.3, 0.4) is 0 Å². The largest absolute Gasteiger partial charge is 0.348 e. The standard InChI is InChI=1S/C23H30N6O2/c1-16(2)11-14-29-23(31)28-13-12-18(9-10-20(28)26-29)25-22(30)19-15-24-21(27(19)3)17-7-5-4-6-8-17/h4-8,15-16,18H,9-14H2,1-3H3,(H,25,30). The van der Waals surface area contributed by atoms with Gasteiger partial charge in [-0.3, -0.25) is 9.36 Å². The van der Waals surface area contributed by atoms with Crippen LogP contribution in [0.2, 0.25) is 0 Å². The van der Waals surface area contributed by atoms with Gasteiger partial charge in [0.15, 0.2) is 0 Å². The Morgan fingerprint density at radius 2 is 2.00 bits per heavy atom. The molecule has 3 heterocycles. The van der Waals surface area contributed by atoms with Gasteiger partial charge in [-0.1, -0.05) is 44.2 Å². The lowest BCUT2D eigenvalue weighted by atomic mass is 10.1. The lowest BCUT2D eigenvalue weighted by Gasteiger charge is -2.16. The Kier molecular flexibility index (Phi) is 6.06. The lowest BCUT2D eigenvalue weighted by molar-refractivity contribution is 0.0924. The number of benzene rings is 1. The maximum Gasteiger partial charge on any atom is 0.345 e. The summed E-state index contributed by atoms with van der Waals surface area (Å²) >= 11 is 0. The number of carbonyl (C=O) groups is 1. The first-order valence-corrected chi connectivity index (χ1v) is 11.0. The van der Waals surface area contributed by atoms with Gasteiger partial charge in [0.1, 0.15) is 17.3 Å². The molecule has 0 fully saturated rings. The van der Waals surface area contributed by atoms with Gasteiger partial charge >= 0.3 is 5.69 Å². The van der Waals surface area contributed by atoms with Crippen molar-refractivity contribution in [2.75, 3.05) is 0 Å². The molecule has 164 valence electrons. The maximum atomic E-state index is 12.9. The first kappa shape index (κ1) is 21.1. The smallest absolute Gasteiger partial charge is 0.345 e. The van der Waals surface area contributed by atoms with Crippen molar-refractivity contribution in [2.45, 2.75) is 58.7 Å². The molecular formula is C23H30N6O2. The van der Waals surface area contributed by atoms with E-state index in [2.05, 4.69) is 29.2 Å². The number of aromatic nitrogens is 5. The van der Waals surface area contributed by atoms with Crippen LogP contribution >= 0.6 is 0 Å². The summed E-state index contributed by atoms with van der Waals surface area (Å²) in [5, 5.41) is 7.68. The molecule has 4 rings (SSSR count). The zero-order valence-corrected chi connectivity index (χ0v) is 18.4. The van der Waals surface area contributed by atoms with Gasteiger partial charge in [-0.25, -0.2) is 14.5 Å². The van der Waals surface area contributed by atoms with Crippen molar-refractivity contribution in [3.63, 3.8) is 0 Å². The second-order valence-corrected chi connectivity index (χ2v) is 8.65. The number of aryl methyl sites for hydroxylation is 2. The molecule has 0 bridgehead atoms. The van der Waals surface area contributed by atoms with Crippen LogP contribution < -0.4 is 11.0 Å². The van der Waals surface area contributed by atoms with E-state index in [0.717, 1.165) is 30.1 Å². The Labute approximate surface area is 181 Å². The van der Waals surface area contributed by atoms with Crippen LogP contribution in [0.5, 0.6) is 0 Å². The van der Waals surface area contributed by atoms with Gasteiger partial charge in [-0.15, -0.1) is 0 Å². The summed E-state index contributed by atoms with van der Waals surface area (Å²) in [6, 6.07) is 9.81. The molecule has 1 aromatic carbocycles. The van der Waals surface area contributed by atoms with E-state index >= 15 is 0 Å². The van der Waals surface area contributed by atoms with Crippen molar-refractivity contribution in [3.05, 3.63) is 58.5 Å². The van der Waals surface area contributed by atoms with Gasteiger partial charge in [0.25, 0.3) is 5.91 Å². The number of nitrogens with one attached hydrogen (secondary N) is 1. The molecule has 0 radical (unpaired) electrons. The quantitative estimate of drug-likeness (QED) is 0.662. The molecule has 1 unspecified atom stereocenters. The molecule has 0 spiro atoms. The van der Waals surface area contributed by atoms with Crippen molar-refractivity contribution in [2.24, 2.45) is 13.0 Å². The topological polar surface area (TPSA) is 86.7 Å². The molecule has 0 saturated carbocycles. The predicted molar refractivity (Wildman–Crippen MR) is 119 cm³/mol. The van der Waals surface area contributed by atoms with Crippen molar-refractivity contribution in [1.82, 2.24) is 29.2 Å². The molecule has 31 heavy (non-hydrogen) atoms. The van der Waals surface area contributed by atoms with Crippen LogP contribution in [0.4, 0.5) is 0 Å². The summed E-state index contributed by atoms with van der Waals surface area (Å²) in [6.45, 7) is 5.51. The molecule has 1 amide bonds. The first-order valence-electron chi connectivity index (χ1n) is 11.0. The van der Waals surface area contributed by atoms with Crippen LogP contribution in [0.1, 0.15) is 49.4 Å². The van der Waals surface area contributed by atoms with Gasteiger partial charge in [0, 0.05) is 38.2 Å². The van der Waals surface area contributed by atoms with E-state index in [1.807, 2.05) is 41.9 Å². The monoisotopic (exact) mass is 422 g/mol. The maximum absolute atomic E-state index is 12.9. The predicted octanol–water partition coefficient (Wildman–Crippen LogP) is 2.63. The zero-order chi connectivity index (χ0) is 22.0. The van der Waals surface area contributed by atoms with Crippen LogP contribution in [0.15, 0.2) is 41.3 Å². The highest BCUT2D eigenvalue weighted by Gasteiger charge is 2.24. The second kappa shape index (κ2) is 8.91. The Balaban J connectivity index is 1.41. The van der Waals surface area contributed by atoms with Gasteiger partial charge in [-0.05, 0) is 25.2 Å². The Morgan fingerprint density at radius 1 is 1.23 bits per heavy atom. The van der Waals surface area contributed by atoms with E-state index in [1.54, 1.807) is 15.4 Å². The van der Waals surface area contributed by atoms with Crippen LogP contribution in [-0.2, 0) is 26.6 Å². The third-order valence-corrected chi connectivity index (χ3v) is 5.92. The van der Waals surface area contributed by atoms with E-state index in [1.165, 1.54) is 0 Å². The average Bonchev–Trinajstić information content (AvgIpc) is 3.21. The molecule has 1 aliphatic heterocycles. The number of nitrogens with zero attached hydrogens (tertiary/aromatic N) is 5. The van der Waals surface area contributed by atoms with Crippen molar-refractivity contribution < 1.29 is 4.79 Å². The number of hydrogen-bond donors (Lipinski definition) is 1. The lowest BCUT2D eigenvalue weighted by Crippen LogP contribution is -2.36. The molecule has 0 aliphatic carbocycles. The van der Waals surface area contributed by atoms with E-state index in [4.69, 9.17) is 0 Å². The number of rotatable bonds is 6. The molecule has 1 aliphatic rings. The fourth-order valence-electron chi connectivity index (χ4n) is 4.03. The SMILES string of the molecule is CC(C)CCn1nc2n(c1=O)CCC(NC(=O)c1cnc(-c3ccccc3)n1C)CC2. The van der Waals surface area contributed by atoms with E-state index in [9.17, 15) is 9.59 Å². The summed E-state index contributed by atoms with van der Waals surface area (Å²) < 4.78 is 5.18. The van der Waals surface area contributed by atoms with Crippen LogP contribution in [0.25, 0.3) is 11.4 Å². The second-order valence-electron chi connectivity index (χ2n) is 8.65. The van der Waals surface area contributed by atoms with Crippen LogP contribution in [0, 0.1) is 5.92 Å². The minimum Gasteiger partial charge on any atom is -0.348 e. The Bertz CT molecular complexity index is 1110. The summed E-state index contributed by atoms with van der Waals surface area (Å²) in [5.41, 5.74) is 1.45. The molecule has 1 N–H and O–H groups in total. The molecule has 3 aromatic rings. The fourth-order valence-corrected chi connectivity index (χ4v) is 4.03. The van der Waals surface area contributed by atoms with Gasteiger partial charge < -0.3 is 9.88 Å². The summed E-state index contributed by atoms with van der Waals surface area (Å²) in [5.74, 6) is 1.96. The van der Waals surface area contributed by atoms with Gasteiger partial charge in [0.2, 0.25) is 0 Å². The third-order valence-electron chi connectivity index (χ3n) is 5.92. The van der Waals surface area contributed by atoms with Crippen molar-refractivity contribution in [1.29, 1.82) is 0 Å². The minimum atomic E-state index is -0.143. The third kappa shape index (κ3) is 4.47. The number of hydrogen-bond acceptors (Lipinski definition) is 4. The van der Waals surface area contributed by atoms with Gasteiger partial charge in [0.05, 0.1) is 6.20 Å². The van der Waals surface area contributed by atoms with Crippen molar-refractivity contribution in [3.8, 4) is 11.4 Å². The molecule has 8 nitrogen and oxygen atoms in total. The first-order chi connectivity index (χ1) is 14.9. The fraction of sp³-hybridized carbons (Fsp3) is 0.478. The highest BCUT2D eigenvalue weighted by molar-refractivity contribution is 5.93. The molecule has 8 heteroatoms. The normalized spacial score (nSPS) is 16.2. The van der Waals surface area contributed by atoms with Crippen LogP contribution in [-0.4, -0.2) is 35.8 Å². The number of imidazole rings is 1. The van der Waals surface area contributed by atoms with E-state index in [0.29, 0.717) is 37.5 Å². The summed E-state index contributed by atoms with van der Waals surface area (Å²) in [4.78, 5) is 30.0. The Morgan fingerprint density at radius 3 is 2.74 bits per heavy atom. The molecular weight excluding hydrogens is 392 g/mol. The average molecular weight is 423 g/mol. The van der Waals surface area contributed by atoms with Crippen molar-refractivity contribution >= 4 is 5.91 Å². The number of carbonyl (C=O) groups excluding carboxylic acids is 1. The van der Waals surface area contributed by atoms with E-state index < -0.39 is 0 Å². The number of fused-ring (bicyclic) bond motifs is 1. The number of amides is 1. The van der Waals surface area contributed by atoms with Gasteiger partial charge in [-0.2, -0.15) is 5.10 Å².